The Balaban J connectivity index is 2.29. The van der Waals surface area contributed by atoms with E-state index in [0.29, 0.717) is 22.4 Å². The topological polar surface area (TPSA) is 48.3 Å². The average Bonchev–Trinajstić information content (AvgIpc) is 2.87. The highest BCUT2D eigenvalue weighted by atomic mass is 32.1. The minimum atomic E-state index is -0.375. The third-order valence-corrected chi connectivity index (χ3v) is 4.73. The van der Waals surface area contributed by atoms with Gasteiger partial charge < -0.3 is 9.30 Å². The molecular weight excluding hydrogens is 298 g/mol. The number of pyridine rings is 1. The molecule has 0 unspecified atom stereocenters. The van der Waals surface area contributed by atoms with Crippen molar-refractivity contribution >= 4 is 27.5 Å². The second-order valence-electron chi connectivity index (χ2n) is 4.84. The van der Waals surface area contributed by atoms with E-state index in [0.717, 1.165) is 10.5 Å². The fourth-order valence-electron chi connectivity index (χ4n) is 2.43. The maximum absolute atomic E-state index is 12.2. The summed E-state index contributed by atoms with van der Waals surface area (Å²) in [5.74, 6) is -0.375. The van der Waals surface area contributed by atoms with Crippen molar-refractivity contribution in [2.45, 2.75) is 13.8 Å². The van der Waals surface area contributed by atoms with Crippen LogP contribution in [0, 0.1) is 6.92 Å². The van der Waals surface area contributed by atoms with Gasteiger partial charge in [0.2, 0.25) is 0 Å². The molecule has 0 N–H and O–H groups in total. The summed E-state index contributed by atoms with van der Waals surface area (Å²) in [7, 11) is 0. The Hall–Kier alpha value is -2.40. The number of esters is 1. The molecule has 0 spiro atoms. The highest BCUT2D eigenvalue weighted by Crippen LogP contribution is 2.30. The number of carbonyl (C=O) groups excluding carboxylic acids is 1. The lowest BCUT2D eigenvalue weighted by Gasteiger charge is -2.07. The van der Waals surface area contributed by atoms with Gasteiger partial charge in [-0.1, -0.05) is 18.2 Å². The molecule has 4 nitrogen and oxygen atoms in total. The van der Waals surface area contributed by atoms with Crippen LogP contribution in [0.15, 0.2) is 47.4 Å². The van der Waals surface area contributed by atoms with Crippen molar-refractivity contribution < 1.29 is 9.53 Å². The Labute approximate surface area is 131 Å². The number of aryl methyl sites for hydroxylation is 1. The standard InChI is InChI=1S/C17H15NO3S/c1-3-21-17(20)15-11(2)14-13(19)9-10-18(16(14)22-15)12-7-5-4-6-8-12/h4-10H,3H2,1-2H3. The van der Waals surface area contributed by atoms with E-state index in [-0.39, 0.29) is 11.4 Å². The van der Waals surface area contributed by atoms with E-state index in [9.17, 15) is 9.59 Å². The smallest absolute Gasteiger partial charge is 0.348 e. The van der Waals surface area contributed by atoms with Crippen LogP contribution in [-0.4, -0.2) is 17.1 Å². The van der Waals surface area contributed by atoms with E-state index in [2.05, 4.69) is 0 Å². The first kappa shape index (κ1) is 14.5. The van der Waals surface area contributed by atoms with Gasteiger partial charge in [0.05, 0.1) is 12.0 Å². The first-order valence-corrected chi connectivity index (χ1v) is 7.82. The molecule has 112 valence electrons. The van der Waals surface area contributed by atoms with Crippen LogP contribution < -0.4 is 5.43 Å². The lowest BCUT2D eigenvalue weighted by molar-refractivity contribution is 0.0531. The molecule has 3 aromatic rings. The Morgan fingerprint density at radius 3 is 2.64 bits per heavy atom. The van der Waals surface area contributed by atoms with Crippen LogP contribution in [0.4, 0.5) is 0 Å². The highest BCUT2D eigenvalue weighted by Gasteiger charge is 2.20. The summed E-state index contributed by atoms with van der Waals surface area (Å²) in [6.45, 7) is 3.88. The summed E-state index contributed by atoms with van der Waals surface area (Å²) in [6, 6.07) is 11.3. The lowest BCUT2D eigenvalue weighted by atomic mass is 10.2. The molecule has 5 heteroatoms. The Bertz CT molecular complexity index is 893. The summed E-state index contributed by atoms with van der Waals surface area (Å²) in [5.41, 5.74) is 1.56. The predicted molar refractivity (Wildman–Crippen MR) is 88.1 cm³/mol. The van der Waals surface area contributed by atoms with Gasteiger partial charge >= 0.3 is 5.97 Å². The molecule has 0 saturated carbocycles. The van der Waals surface area contributed by atoms with Crippen LogP contribution in [0.25, 0.3) is 15.9 Å². The molecule has 2 heterocycles. The van der Waals surface area contributed by atoms with Crippen LogP contribution in [0.2, 0.25) is 0 Å². The zero-order chi connectivity index (χ0) is 15.7. The second kappa shape index (κ2) is 5.77. The molecule has 22 heavy (non-hydrogen) atoms. The van der Waals surface area contributed by atoms with Gasteiger partial charge in [-0.15, -0.1) is 11.3 Å². The van der Waals surface area contributed by atoms with Gasteiger partial charge in [0.1, 0.15) is 9.71 Å². The minimum absolute atomic E-state index is 0.0773. The molecule has 2 aromatic heterocycles. The first-order chi connectivity index (χ1) is 10.6. The van der Waals surface area contributed by atoms with Gasteiger partial charge in [-0.3, -0.25) is 4.79 Å². The molecule has 0 aliphatic rings. The number of nitrogens with zero attached hydrogens (tertiary/aromatic N) is 1. The zero-order valence-corrected chi connectivity index (χ0v) is 13.1. The summed E-state index contributed by atoms with van der Waals surface area (Å²) < 4.78 is 7.01. The molecule has 1 aromatic carbocycles. The van der Waals surface area contributed by atoms with Crippen LogP contribution in [-0.2, 0) is 4.74 Å². The van der Waals surface area contributed by atoms with Crippen molar-refractivity contribution in [2.24, 2.45) is 0 Å². The number of hydrogen-bond donors (Lipinski definition) is 0. The fraction of sp³-hybridized carbons (Fsp3) is 0.176. The summed E-state index contributed by atoms with van der Waals surface area (Å²) in [4.78, 5) is 25.5. The molecule has 0 radical (unpaired) electrons. The molecule has 0 bridgehead atoms. The third kappa shape index (κ3) is 2.33. The lowest BCUT2D eigenvalue weighted by Crippen LogP contribution is -2.06. The number of rotatable bonds is 3. The Morgan fingerprint density at radius 2 is 1.95 bits per heavy atom. The average molecular weight is 313 g/mol. The van der Waals surface area contributed by atoms with Crippen LogP contribution in [0.3, 0.4) is 0 Å². The fourth-order valence-corrected chi connectivity index (χ4v) is 3.65. The maximum atomic E-state index is 12.2. The Kier molecular flexibility index (Phi) is 3.81. The number of carbonyl (C=O) groups is 1. The third-order valence-electron chi connectivity index (χ3n) is 3.46. The molecule has 0 fully saturated rings. The van der Waals surface area contributed by atoms with Gasteiger partial charge in [-0.25, -0.2) is 4.79 Å². The number of hydrogen-bond acceptors (Lipinski definition) is 4. The highest BCUT2D eigenvalue weighted by molar-refractivity contribution is 7.20. The van der Waals surface area contributed by atoms with E-state index in [4.69, 9.17) is 4.74 Å². The SMILES string of the molecule is CCOC(=O)c1sc2c(c1C)c(=O)ccn2-c1ccccc1. The van der Waals surface area contributed by atoms with Gasteiger partial charge in [-0.2, -0.15) is 0 Å². The van der Waals surface area contributed by atoms with E-state index in [1.165, 1.54) is 17.4 Å². The number of aromatic nitrogens is 1. The largest absolute Gasteiger partial charge is 0.462 e. The summed E-state index contributed by atoms with van der Waals surface area (Å²) in [5, 5.41) is 0.583. The number of ether oxygens (including phenoxy) is 1. The van der Waals surface area contributed by atoms with Crippen molar-refractivity contribution in [3.8, 4) is 5.69 Å². The van der Waals surface area contributed by atoms with Crippen molar-refractivity contribution in [3.05, 3.63) is 63.3 Å². The zero-order valence-electron chi connectivity index (χ0n) is 12.3. The molecule has 0 amide bonds. The van der Waals surface area contributed by atoms with Gasteiger partial charge in [-0.05, 0) is 31.5 Å². The van der Waals surface area contributed by atoms with E-state index in [1.54, 1.807) is 20.0 Å². The number of fused-ring (bicyclic) bond motifs is 1. The van der Waals surface area contributed by atoms with E-state index < -0.39 is 0 Å². The molecular formula is C17H15NO3S. The molecule has 3 rings (SSSR count). The van der Waals surface area contributed by atoms with Crippen molar-refractivity contribution in [3.63, 3.8) is 0 Å². The molecule has 0 saturated heterocycles. The van der Waals surface area contributed by atoms with Gasteiger partial charge in [0.25, 0.3) is 0 Å². The molecule has 0 aliphatic carbocycles. The van der Waals surface area contributed by atoms with Crippen LogP contribution in [0.5, 0.6) is 0 Å². The predicted octanol–water partition coefficient (Wildman–Crippen LogP) is 3.54. The van der Waals surface area contributed by atoms with Crippen molar-refractivity contribution in [2.75, 3.05) is 6.61 Å². The summed E-state index contributed by atoms with van der Waals surface area (Å²) >= 11 is 1.30. The maximum Gasteiger partial charge on any atom is 0.348 e. The Morgan fingerprint density at radius 1 is 1.23 bits per heavy atom. The normalized spacial score (nSPS) is 10.8. The second-order valence-corrected chi connectivity index (χ2v) is 5.84. The number of thiophene rings is 1. The van der Waals surface area contributed by atoms with Gasteiger partial charge in [0.15, 0.2) is 5.43 Å². The molecule has 0 aliphatic heterocycles. The summed E-state index contributed by atoms with van der Waals surface area (Å²) in [6.07, 6.45) is 1.74. The van der Waals surface area contributed by atoms with Gasteiger partial charge in [0, 0.05) is 18.0 Å². The van der Waals surface area contributed by atoms with Crippen LogP contribution in [0.1, 0.15) is 22.2 Å². The quantitative estimate of drug-likeness (QED) is 0.695. The number of para-hydroxylation sites is 1. The number of benzene rings is 1. The first-order valence-electron chi connectivity index (χ1n) is 7.00. The van der Waals surface area contributed by atoms with E-state index in [1.807, 2.05) is 34.9 Å². The van der Waals surface area contributed by atoms with Crippen LogP contribution >= 0.6 is 11.3 Å². The monoisotopic (exact) mass is 313 g/mol. The van der Waals surface area contributed by atoms with E-state index >= 15 is 0 Å². The minimum Gasteiger partial charge on any atom is -0.462 e. The van der Waals surface area contributed by atoms with Crippen molar-refractivity contribution in [1.82, 2.24) is 4.57 Å². The van der Waals surface area contributed by atoms with Crippen molar-refractivity contribution in [1.29, 1.82) is 0 Å². The molecule has 0 atom stereocenters.